The van der Waals surface area contributed by atoms with Crippen LogP contribution in [0.1, 0.15) is 44.2 Å². The van der Waals surface area contributed by atoms with Crippen LogP contribution in [-0.4, -0.2) is 44.0 Å². The summed E-state index contributed by atoms with van der Waals surface area (Å²) >= 11 is 0. The smallest absolute Gasteiger partial charge is 0.228 e. The molecule has 0 bridgehead atoms. The fourth-order valence-corrected chi connectivity index (χ4v) is 5.00. The van der Waals surface area contributed by atoms with Gasteiger partial charge in [-0.2, -0.15) is 0 Å². The SMILES string of the molecule is COc1ccc(C2C(C(=O)N3CCCC(C)C3)CCC(=O)N2c2ccc(OC)cc2)cc1. The van der Waals surface area contributed by atoms with E-state index < -0.39 is 0 Å². The molecule has 3 unspecified atom stereocenters. The van der Waals surface area contributed by atoms with E-state index >= 15 is 0 Å². The highest BCUT2D eigenvalue weighted by Gasteiger charge is 2.43. The molecule has 0 radical (unpaired) electrons. The summed E-state index contributed by atoms with van der Waals surface area (Å²) in [5.74, 6) is 1.90. The standard InChI is InChI=1S/C26H32N2O4/c1-18-5-4-16-27(17-18)26(30)23-14-15-24(29)28(20-8-12-22(32-3)13-9-20)25(23)19-6-10-21(31-2)11-7-19/h6-13,18,23,25H,4-5,14-17H2,1-3H3. The van der Waals surface area contributed by atoms with Crippen molar-refractivity contribution in [3.8, 4) is 11.5 Å². The van der Waals surface area contributed by atoms with Gasteiger partial charge in [0.25, 0.3) is 0 Å². The molecular formula is C26H32N2O4. The lowest BCUT2D eigenvalue weighted by Gasteiger charge is -2.43. The van der Waals surface area contributed by atoms with Crippen LogP contribution < -0.4 is 14.4 Å². The summed E-state index contributed by atoms with van der Waals surface area (Å²) in [7, 11) is 3.25. The van der Waals surface area contributed by atoms with E-state index in [2.05, 4.69) is 6.92 Å². The predicted molar refractivity (Wildman–Crippen MR) is 124 cm³/mol. The number of carbonyl (C=O) groups is 2. The highest BCUT2D eigenvalue weighted by atomic mass is 16.5. The molecule has 170 valence electrons. The molecule has 0 saturated carbocycles. The molecule has 2 saturated heterocycles. The lowest BCUT2D eigenvalue weighted by Crippen LogP contribution is -2.51. The maximum absolute atomic E-state index is 13.7. The highest BCUT2D eigenvalue weighted by molar-refractivity contribution is 5.97. The second-order valence-electron chi connectivity index (χ2n) is 8.86. The number of benzene rings is 2. The maximum atomic E-state index is 13.7. The summed E-state index contributed by atoms with van der Waals surface area (Å²) in [6, 6.07) is 14.9. The highest BCUT2D eigenvalue weighted by Crippen LogP contribution is 2.42. The van der Waals surface area contributed by atoms with Crippen LogP contribution in [0.25, 0.3) is 0 Å². The fraction of sp³-hybridized carbons (Fsp3) is 0.462. The van der Waals surface area contributed by atoms with Crippen LogP contribution in [0.2, 0.25) is 0 Å². The monoisotopic (exact) mass is 436 g/mol. The number of anilines is 1. The third-order valence-electron chi connectivity index (χ3n) is 6.69. The van der Waals surface area contributed by atoms with Crippen molar-refractivity contribution in [3.63, 3.8) is 0 Å². The number of rotatable bonds is 5. The Hall–Kier alpha value is -3.02. The van der Waals surface area contributed by atoms with E-state index in [0.29, 0.717) is 18.8 Å². The third kappa shape index (κ3) is 4.45. The summed E-state index contributed by atoms with van der Waals surface area (Å²) in [5, 5.41) is 0. The number of ether oxygens (including phenoxy) is 2. The van der Waals surface area contributed by atoms with Gasteiger partial charge in [0.05, 0.1) is 26.2 Å². The molecular weight excluding hydrogens is 404 g/mol. The second-order valence-corrected chi connectivity index (χ2v) is 8.86. The minimum absolute atomic E-state index is 0.0343. The van der Waals surface area contributed by atoms with Crippen LogP contribution >= 0.6 is 0 Å². The van der Waals surface area contributed by atoms with E-state index in [-0.39, 0.29) is 23.8 Å². The first kappa shape index (κ1) is 22.2. The Morgan fingerprint density at radius 3 is 2.16 bits per heavy atom. The summed E-state index contributed by atoms with van der Waals surface area (Å²) in [5.41, 5.74) is 1.72. The Bertz CT molecular complexity index is 941. The Morgan fingerprint density at radius 1 is 0.938 bits per heavy atom. The average Bonchev–Trinajstić information content (AvgIpc) is 2.83. The zero-order valence-electron chi connectivity index (χ0n) is 19.1. The van der Waals surface area contributed by atoms with E-state index in [1.54, 1.807) is 19.1 Å². The Balaban J connectivity index is 1.73. The largest absolute Gasteiger partial charge is 0.497 e. The molecule has 2 heterocycles. The molecule has 32 heavy (non-hydrogen) atoms. The van der Waals surface area contributed by atoms with Gasteiger partial charge in [-0.25, -0.2) is 0 Å². The van der Waals surface area contributed by atoms with Gasteiger partial charge in [-0.15, -0.1) is 0 Å². The molecule has 6 nitrogen and oxygen atoms in total. The predicted octanol–water partition coefficient (Wildman–Crippen LogP) is 4.45. The van der Waals surface area contributed by atoms with Crippen LogP contribution in [0, 0.1) is 11.8 Å². The van der Waals surface area contributed by atoms with Crippen LogP contribution in [0.3, 0.4) is 0 Å². The first-order valence-corrected chi connectivity index (χ1v) is 11.4. The Kier molecular flexibility index (Phi) is 6.68. The van der Waals surface area contributed by atoms with E-state index in [0.717, 1.165) is 48.7 Å². The summed E-state index contributed by atoms with van der Waals surface area (Å²) < 4.78 is 10.6. The first-order valence-electron chi connectivity index (χ1n) is 11.4. The van der Waals surface area contributed by atoms with Gasteiger partial charge in [-0.05, 0) is 67.1 Å². The van der Waals surface area contributed by atoms with Crippen molar-refractivity contribution >= 4 is 17.5 Å². The quantitative estimate of drug-likeness (QED) is 0.695. The summed E-state index contributed by atoms with van der Waals surface area (Å²) in [4.78, 5) is 30.7. The number of carbonyl (C=O) groups excluding carboxylic acids is 2. The van der Waals surface area contributed by atoms with Gasteiger partial charge in [0.1, 0.15) is 11.5 Å². The summed E-state index contributed by atoms with van der Waals surface area (Å²) in [6.07, 6.45) is 3.12. The molecule has 2 amide bonds. The maximum Gasteiger partial charge on any atom is 0.228 e. The molecule has 2 aromatic rings. The molecule has 0 spiro atoms. The molecule has 2 aliphatic heterocycles. The molecule has 3 atom stereocenters. The van der Waals surface area contributed by atoms with Crippen molar-refractivity contribution in [1.29, 1.82) is 0 Å². The molecule has 0 N–H and O–H groups in total. The topological polar surface area (TPSA) is 59.1 Å². The molecule has 2 aliphatic rings. The van der Waals surface area contributed by atoms with Gasteiger partial charge < -0.3 is 19.3 Å². The van der Waals surface area contributed by atoms with Crippen LogP contribution in [0.15, 0.2) is 48.5 Å². The molecule has 4 rings (SSSR count). The lowest BCUT2D eigenvalue weighted by atomic mass is 9.82. The van der Waals surface area contributed by atoms with E-state index in [9.17, 15) is 9.59 Å². The van der Waals surface area contributed by atoms with Crippen LogP contribution in [0.4, 0.5) is 5.69 Å². The summed E-state index contributed by atoms with van der Waals surface area (Å²) in [6.45, 7) is 3.79. The normalized spacial score (nSPS) is 23.7. The van der Waals surface area contributed by atoms with E-state index in [1.807, 2.05) is 53.4 Å². The average molecular weight is 437 g/mol. The van der Waals surface area contributed by atoms with Crippen molar-refractivity contribution < 1.29 is 19.1 Å². The fourth-order valence-electron chi connectivity index (χ4n) is 5.00. The number of nitrogens with zero attached hydrogens (tertiary/aromatic N) is 2. The van der Waals surface area contributed by atoms with Crippen molar-refractivity contribution in [3.05, 3.63) is 54.1 Å². The molecule has 6 heteroatoms. The third-order valence-corrected chi connectivity index (χ3v) is 6.69. The van der Waals surface area contributed by atoms with Gasteiger partial charge in [-0.1, -0.05) is 19.1 Å². The van der Waals surface area contributed by atoms with Crippen LogP contribution in [-0.2, 0) is 9.59 Å². The van der Waals surface area contributed by atoms with Crippen molar-refractivity contribution in [1.82, 2.24) is 4.90 Å². The molecule has 0 aromatic heterocycles. The Labute approximate surface area is 190 Å². The van der Waals surface area contributed by atoms with Gasteiger partial charge >= 0.3 is 0 Å². The minimum Gasteiger partial charge on any atom is -0.497 e. The lowest BCUT2D eigenvalue weighted by molar-refractivity contribution is -0.140. The first-order chi connectivity index (χ1) is 15.5. The van der Waals surface area contributed by atoms with E-state index in [4.69, 9.17) is 9.47 Å². The minimum atomic E-state index is -0.361. The molecule has 2 aromatic carbocycles. The molecule has 2 fully saturated rings. The number of methoxy groups -OCH3 is 2. The Morgan fingerprint density at radius 2 is 1.56 bits per heavy atom. The molecule has 0 aliphatic carbocycles. The number of piperidine rings is 2. The van der Waals surface area contributed by atoms with E-state index in [1.165, 1.54) is 0 Å². The number of hydrogen-bond donors (Lipinski definition) is 0. The zero-order chi connectivity index (χ0) is 22.7. The number of hydrogen-bond acceptors (Lipinski definition) is 4. The van der Waals surface area contributed by atoms with Crippen LogP contribution in [0.5, 0.6) is 11.5 Å². The van der Waals surface area contributed by atoms with Crippen molar-refractivity contribution in [2.75, 3.05) is 32.2 Å². The zero-order valence-corrected chi connectivity index (χ0v) is 19.1. The van der Waals surface area contributed by atoms with Gasteiger partial charge in [0.2, 0.25) is 11.8 Å². The van der Waals surface area contributed by atoms with Gasteiger partial charge in [0.15, 0.2) is 0 Å². The number of likely N-dealkylation sites (tertiary alicyclic amines) is 1. The van der Waals surface area contributed by atoms with Crippen molar-refractivity contribution in [2.24, 2.45) is 11.8 Å². The number of amides is 2. The van der Waals surface area contributed by atoms with Gasteiger partial charge in [-0.3, -0.25) is 9.59 Å². The van der Waals surface area contributed by atoms with Gasteiger partial charge in [0, 0.05) is 25.2 Å². The second kappa shape index (κ2) is 9.63. The van der Waals surface area contributed by atoms with Crippen molar-refractivity contribution in [2.45, 2.75) is 38.6 Å².